The molecule has 0 spiro atoms. The van der Waals surface area contributed by atoms with Crippen LogP contribution in [0.1, 0.15) is 95.2 Å². The highest BCUT2D eigenvalue weighted by Crippen LogP contribution is 2.30. The van der Waals surface area contributed by atoms with E-state index in [1.807, 2.05) is 0 Å². The Balaban J connectivity index is 1.48. The fraction of sp³-hybridized carbons (Fsp3) is 0.563. The second-order valence-corrected chi connectivity index (χ2v) is 30.4. The summed E-state index contributed by atoms with van der Waals surface area (Å²) in [7, 11) is 1.04. The Kier molecular flexibility index (Phi) is 32.0. The number of ether oxygens (including phenoxy) is 1. The predicted octanol–water partition coefficient (Wildman–Crippen LogP) is 1.77. The van der Waals surface area contributed by atoms with Crippen LogP contribution in [0.4, 0.5) is 0 Å². The standard InChI is InChI=1S/C71H95Cl3N10O19S/c1-9-25-82-40-61(89)75-24-22-63(91)78(4)39-62(90)76-54(68(96)83-26-14-21-55(83)71(99)100)35-50(87)34-46(41-85)65(93)80(6)58(32-44-16-12-19-48(73)29-44)69(97)79(5)57(31-43-15-11-18-47(72)28-43)64(92)77-53(23-27-104(8,101)102)67(95)84-38-51(103-10-2)36-56(84)60(88)37-52(42(3)86)66(94)81(7)59(70(82)98)33-45-17-13-20-49(74)30-45/h11-13,15-20,28-30,42,46,51-59,85-86H,9-10,14,21-27,31-41H2,1-8H3,(H,75,89)(H,76,90)(H,77,92)(H,99,100)/t42-,46+,51-,52+,53+,54+,55+,56+,57+,58+,59+/m1/s1. The highest BCUT2D eigenvalue weighted by atomic mass is 35.5. The number of rotatable bonds is 17. The summed E-state index contributed by atoms with van der Waals surface area (Å²) in [4.78, 5) is 196. The molecule has 0 bridgehead atoms. The maximum atomic E-state index is 15.6. The van der Waals surface area contributed by atoms with Gasteiger partial charge in [-0.25, -0.2) is 13.2 Å². The summed E-state index contributed by atoms with van der Waals surface area (Å²) in [5, 5.41) is 41.0. The monoisotopic (exact) mass is 1530 g/mol. The van der Waals surface area contributed by atoms with Crippen molar-refractivity contribution < 1.29 is 90.8 Å². The number of aliphatic hydroxyl groups is 2. The molecule has 11 atom stereocenters. The van der Waals surface area contributed by atoms with E-state index in [1.165, 1.54) is 52.1 Å². The van der Waals surface area contributed by atoms with Crippen molar-refractivity contribution in [1.29, 1.82) is 0 Å². The molecule has 0 unspecified atom stereocenters. The van der Waals surface area contributed by atoms with Crippen LogP contribution in [0.2, 0.25) is 15.1 Å². The summed E-state index contributed by atoms with van der Waals surface area (Å²) >= 11 is 19.3. The third kappa shape index (κ3) is 23.9. The normalized spacial score (nSPS) is 25.0. The molecule has 3 aromatic carbocycles. The van der Waals surface area contributed by atoms with E-state index in [0.717, 1.165) is 35.7 Å². The zero-order valence-corrected chi connectivity index (χ0v) is 62.8. The van der Waals surface area contributed by atoms with Gasteiger partial charge in [-0.3, -0.25) is 57.5 Å². The number of carbonyl (C=O) groups is 13. The lowest BCUT2D eigenvalue weighted by Gasteiger charge is -2.36. The number of halogens is 3. The van der Waals surface area contributed by atoms with E-state index in [1.54, 1.807) is 74.5 Å². The van der Waals surface area contributed by atoms with Crippen molar-refractivity contribution in [2.24, 2.45) is 11.8 Å². The van der Waals surface area contributed by atoms with Gasteiger partial charge >= 0.3 is 5.97 Å². The average molecular weight is 1530 g/mol. The SMILES string of the molecule is CCCN1CC(=O)NCCC(=O)N(C)CC(=O)N[C@H](C(=O)N2CCC[C@H]2C(=O)O)CC(=O)C[C@@H](CO)C(=O)N(C)[C@@H](Cc2cccc(Cl)c2)C(=O)N(C)[C@@H](Cc2cccc(Cl)c2)C(=O)N[C@@H](CCS(C)(=O)=O)C(=O)N2C[C@H](OCC)C[C@H]2C(=O)C[C@@H]([C@@H](C)O)C(=O)N(C)[C@@H](Cc2cccc(Cl)c2)C1=O. The lowest BCUT2D eigenvalue weighted by atomic mass is 9.90. The number of carboxylic acid groups (broad SMARTS) is 1. The molecule has 3 heterocycles. The number of Topliss-reactive ketones (excluding diaryl/α,β-unsaturated/α-hetero) is 2. The number of likely N-dealkylation sites (N-methyl/N-ethyl adjacent to an activating group) is 4. The van der Waals surface area contributed by atoms with E-state index in [0.29, 0.717) is 23.1 Å². The van der Waals surface area contributed by atoms with Gasteiger partial charge in [-0.15, -0.1) is 0 Å². The van der Waals surface area contributed by atoms with Crippen LogP contribution in [0.25, 0.3) is 0 Å². The molecule has 570 valence electrons. The number of fused-ring (bicyclic) bond motifs is 1. The van der Waals surface area contributed by atoms with Gasteiger partial charge in [0.2, 0.25) is 59.1 Å². The molecule has 10 amide bonds. The fourth-order valence-electron chi connectivity index (χ4n) is 13.2. The third-order valence-electron chi connectivity index (χ3n) is 18.8. The van der Waals surface area contributed by atoms with Gasteiger partial charge in [0.1, 0.15) is 51.9 Å². The fourth-order valence-corrected chi connectivity index (χ4v) is 14.5. The van der Waals surface area contributed by atoms with Crippen LogP contribution in [0, 0.1) is 11.8 Å². The number of sulfone groups is 1. The first-order valence-corrected chi connectivity index (χ1v) is 37.6. The molecule has 3 fully saturated rings. The Hall–Kier alpha value is -8.13. The Morgan fingerprint density at radius 2 is 1.26 bits per heavy atom. The van der Waals surface area contributed by atoms with Crippen molar-refractivity contribution in [3.8, 4) is 0 Å². The van der Waals surface area contributed by atoms with Gasteiger partial charge in [0.15, 0.2) is 5.78 Å². The highest BCUT2D eigenvalue weighted by molar-refractivity contribution is 7.90. The summed E-state index contributed by atoms with van der Waals surface area (Å²) in [5.74, 6) is -16.0. The molecule has 3 aromatic rings. The van der Waals surface area contributed by atoms with E-state index in [-0.39, 0.29) is 86.4 Å². The maximum Gasteiger partial charge on any atom is 0.326 e. The number of likely N-dealkylation sites (tertiary alicyclic amines) is 1. The number of carbonyl (C=O) groups excluding carboxylic acids is 12. The van der Waals surface area contributed by atoms with Gasteiger partial charge in [0.25, 0.3) is 0 Å². The first kappa shape index (κ1) is 84.8. The van der Waals surface area contributed by atoms with Gasteiger partial charge in [-0.05, 0) is 92.6 Å². The molecule has 0 saturated carbocycles. The molecule has 6 N–H and O–H groups in total. The Morgan fingerprint density at radius 1 is 0.702 bits per heavy atom. The molecule has 3 saturated heterocycles. The summed E-state index contributed by atoms with van der Waals surface area (Å²) in [6.07, 6.45) is -5.37. The van der Waals surface area contributed by atoms with Crippen LogP contribution < -0.4 is 16.0 Å². The van der Waals surface area contributed by atoms with Gasteiger partial charge < -0.3 is 70.3 Å². The van der Waals surface area contributed by atoms with Crippen LogP contribution in [-0.4, -0.2) is 282 Å². The van der Waals surface area contributed by atoms with Crippen LogP contribution in [0.5, 0.6) is 0 Å². The van der Waals surface area contributed by atoms with Gasteiger partial charge in [-0.1, -0.05) is 78.1 Å². The van der Waals surface area contributed by atoms with Crippen molar-refractivity contribution in [2.75, 3.05) is 92.7 Å². The van der Waals surface area contributed by atoms with Crippen molar-refractivity contribution in [3.63, 3.8) is 0 Å². The molecular formula is C71H95Cl3N10O19S. The third-order valence-corrected chi connectivity index (χ3v) is 20.5. The predicted molar refractivity (Wildman–Crippen MR) is 383 cm³/mol. The van der Waals surface area contributed by atoms with Crippen LogP contribution in [0.15, 0.2) is 72.8 Å². The minimum atomic E-state index is -3.93. The van der Waals surface area contributed by atoms with Crippen LogP contribution in [0.3, 0.4) is 0 Å². The smallest absolute Gasteiger partial charge is 0.326 e. The molecule has 104 heavy (non-hydrogen) atoms. The van der Waals surface area contributed by atoms with E-state index in [9.17, 15) is 57.3 Å². The average Bonchev–Trinajstić information content (AvgIpc) is 1.53. The number of carboxylic acids is 1. The maximum absolute atomic E-state index is 15.6. The number of benzene rings is 3. The number of hydrogen-bond donors (Lipinski definition) is 6. The minimum Gasteiger partial charge on any atom is -0.480 e. The molecule has 0 aliphatic carbocycles. The van der Waals surface area contributed by atoms with E-state index < -0.39 is 210 Å². The molecule has 3 aliphatic heterocycles. The number of nitrogens with one attached hydrogen (secondary N) is 3. The lowest BCUT2D eigenvalue weighted by Crippen LogP contribution is -2.59. The Bertz CT molecular complexity index is 3760. The molecule has 3 aliphatic rings. The van der Waals surface area contributed by atoms with Crippen molar-refractivity contribution in [3.05, 3.63) is 105 Å². The van der Waals surface area contributed by atoms with E-state index >= 15 is 28.8 Å². The summed E-state index contributed by atoms with van der Waals surface area (Å²) < 4.78 is 32.1. The van der Waals surface area contributed by atoms with Crippen molar-refractivity contribution >= 4 is 121 Å². The molecule has 0 aromatic heterocycles. The largest absolute Gasteiger partial charge is 0.480 e. The first-order chi connectivity index (χ1) is 49.1. The molecular weight excluding hydrogens is 1440 g/mol. The second-order valence-electron chi connectivity index (χ2n) is 26.8. The van der Waals surface area contributed by atoms with Gasteiger partial charge in [0.05, 0.1) is 55.5 Å². The van der Waals surface area contributed by atoms with Crippen molar-refractivity contribution in [1.82, 2.24) is 50.2 Å². The number of aliphatic hydroxyl groups excluding tert-OH is 2. The Morgan fingerprint density at radius 3 is 1.79 bits per heavy atom. The number of nitrogens with zero attached hydrogens (tertiary/aromatic N) is 7. The molecule has 6 rings (SSSR count). The topological polar surface area (TPSA) is 385 Å². The lowest BCUT2D eigenvalue weighted by molar-refractivity contribution is -0.151. The Labute approximate surface area is 620 Å². The molecule has 33 heteroatoms. The van der Waals surface area contributed by atoms with Gasteiger partial charge in [-0.2, -0.15) is 0 Å². The van der Waals surface area contributed by atoms with Crippen LogP contribution >= 0.6 is 34.8 Å². The van der Waals surface area contributed by atoms with Crippen molar-refractivity contribution in [2.45, 2.75) is 152 Å². The number of ketones is 2. The quantitative estimate of drug-likeness (QED) is 0.112. The molecule has 29 nitrogen and oxygen atoms in total. The second kappa shape index (κ2) is 39.3. The summed E-state index contributed by atoms with van der Waals surface area (Å²) in [6, 6.07) is 7.84. The zero-order chi connectivity index (χ0) is 77.0. The molecule has 0 radical (unpaired) electrons. The van der Waals surface area contributed by atoms with E-state index in [2.05, 4.69) is 16.0 Å². The summed E-state index contributed by atoms with van der Waals surface area (Å²) in [6.45, 7) is 1.70. The highest BCUT2D eigenvalue weighted by Gasteiger charge is 2.47. The number of hydrogen-bond acceptors (Lipinski definition) is 18. The first-order valence-electron chi connectivity index (χ1n) is 34.4. The number of aliphatic carboxylic acids is 1. The van der Waals surface area contributed by atoms with Gasteiger partial charge in [0, 0.05) is 134 Å². The van der Waals surface area contributed by atoms with Crippen LogP contribution in [-0.2, 0) is 96.2 Å². The zero-order valence-electron chi connectivity index (χ0n) is 59.7. The van der Waals surface area contributed by atoms with E-state index in [4.69, 9.17) is 39.5 Å². The minimum absolute atomic E-state index is 0.0302. The summed E-state index contributed by atoms with van der Waals surface area (Å²) in [5.41, 5.74) is 1.23. The number of amides is 10.